The van der Waals surface area contributed by atoms with Gasteiger partial charge in [0, 0.05) is 28.9 Å². The molecule has 0 saturated carbocycles. The first-order chi connectivity index (χ1) is 14.9. The molecule has 1 atom stereocenters. The summed E-state index contributed by atoms with van der Waals surface area (Å²) in [6.07, 6.45) is 0.895. The fourth-order valence-electron chi connectivity index (χ4n) is 4.12. The summed E-state index contributed by atoms with van der Waals surface area (Å²) in [5, 5.41) is 6.97. The molecule has 3 aromatic rings. The van der Waals surface area contributed by atoms with E-state index in [1.807, 2.05) is 26.0 Å². The molecule has 1 aromatic heterocycles. The van der Waals surface area contributed by atoms with Crippen LogP contribution in [0, 0.1) is 5.82 Å². The number of nitrogens with one attached hydrogen (secondary N) is 2. The Morgan fingerprint density at radius 1 is 1.16 bits per heavy atom. The predicted molar refractivity (Wildman–Crippen MR) is 123 cm³/mol. The molecule has 0 bridgehead atoms. The lowest BCUT2D eigenvalue weighted by molar-refractivity contribution is -0.117. The van der Waals surface area contributed by atoms with Crippen LogP contribution < -0.4 is 10.6 Å². The maximum absolute atomic E-state index is 13.1. The molecule has 0 radical (unpaired) electrons. The van der Waals surface area contributed by atoms with Crippen LogP contribution in [0.15, 0.2) is 48.5 Å². The summed E-state index contributed by atoms with van der Waals surface area (Å²) < 4.78 is 14.2. The topological polar surface area (TPSA) is 61.4 Å². The van der Waals surface area contributed by atoms with Gasteiger partial charge in [0.15, 0.2) is 0 Å². The van der Waals surface area contributed by atoms with E-state index in [2.05, 4.69) is 27.7 Å². The van der Waals surface area contributed by atoms with Crippen molar-refractivity contribution in [2.45, 2.75) is 32.2 Å². The van der Waals surface area contributed by atoms with Gasteiger partial charge >= 0.3 is 0 Å². The number of carbonyl (C=O) groups excluding carboxylic acids is 2. The van der Waals surface area contributed by atoms with E-state index in [0.29, 0.717) is 5.69 Å². The fraction of sp³-hybridized carbons (Fsp3) is 0.333. The molecule has 1 saturated heterocycles. The van der Waals surface area contributed by atoms with E-state index in [4.69, 9.17) is 0 Å². The molecule has 1 unspecified atom stereocenters. The minimum Gasteiger partial charge on any atom is -0.349 e. The Bertz CT molecular complexity index is 1090. The average Bonchev–Trinajstić information content (AvgIpc) is 3.33. The van der Waals surface area contributed by atoms with E-state index in [1.165, 1.54) is 23.5 Å². The summed E-state index contributed by atoms with van der Waals surface area (Å²) in [6, 6.07) is 14.0. The Labute approximate surface area is 185 Å². The molecule has 1 aliphatic heterocycles. The first-order valence-corrected chi connectivity index (χ1v) is 11.3. The van der Waals surface area contributed by atoms with Crippen LogP contribution in [0.4, 0.5) is 10.1 Å². The summed E-state index contributed by atoms with van der Waals surface area (Å²) >= 11 is 1.54. The van der Waals surface area contributed by atoms with Gasteiger partial charge in [-0.1, -0.05) is 18.2 Å². The normalized spacial score (nSPS) is 16.7. The molecule has 1 fully saturated rings. The Hall–Kier alpha value is -2.77. The van der Waals surface area contributed by atoms with E-state index in [1.54, 1.807) is 12.1 Å². The average molecular weight is 440 g/mol. The number of hydrogen-bond acceptors (Lipinski definition) is 4. The molecule has 2 amide bonds. The minimum atomic E-state index is -0.333. The van der Waals surface area contributed by atoms with Crippen LogP contribution in [-0.4, -0.2) is 42.4 Å². The van der Waals surface area contributed by atoms with Crippen LogP contribution in [0.2, 0.25) is 0 Å². The molecule has 0 spiro atoms. The fourth-order valence-corrected chi connectivity index (χ4v) is 5.31. The first-order valence-electron chi connectivity index (χ1n) is 10.5. The van der Waals surface area contributed by atoms with E-state index in [-0.39, 0.29) is 36.1 Å². The third-order valence-electron chi connectivity index (χ3n) is 5.44. The number of likely N-dealkylation sites (tertiary alicyclic amines) is 1. The molecular formula is C24H26FN3O2S. The Morgan fingerprint density at radius 2 is 1.90 bits per heavy atom. The zero-order valence-corrected chi connectivity index (χ0v) is 18.5. The van der Waals surface area contributed by atoms with Crippen LogP contribution >= 0.6 is 11.3 Å². The van der Waals surface area contributed by atoms with Crippen molar-refractivity contribution in [3.8, 4) is 0 Å². The second-order valence-corrected chi connectivity index (χ2v) is 9.30. The lowest BCUT2D eigenvalue weighted by Crippen LogP contribution is -2.32. The van der Waals surface area contributed by atoms with Crippen LogP contribution in [-0.2, 0) is 4.79 Å². The summed E-state index contributed by atoms with van der Waals surface area (Å²) in [5.41, 5.74) is 1.68. The SMILES string of the molecule is CC(C)NC(=O)c1sc2ccccc2c1C1CCN(CC(=O)Nc2ccc(F)cc2)C1. The third-order valence-corrected chi connectivity index (χ3v) is 6.62. The maximum atomic E-state index is 13.1. The van der Waals surface area contributed by atoms with Gasteiger partial charge in [0.25, 0.3) is 5.91 Å². The van der Waals surface area contributed by atoms with Crippen molar-refractivity contribution >= 4 is 38.9 Å². The highest BCUT2D eigenvalue weighted by atomic mass is 32.1. The highest BCUT2D eigenvalue weighted by Gasteiger charge is 2.31. The summed E-state index contributed by atoms with van der Waals surface area (Å²) in [5.74, 6) is -0.290. The van der Waals surface area contributed by atoms with Gasteiger partial charge in [-0.05, 0) is 68.1 Å². The second kappa shape index (κ2) is 9.16. The van der Waals surface area contributed by atoms with Gasteiger partial charge in [0.1, 0.15) is 5.82 Å². The number of carbonyl (C=O) groups is 2. The van der Waals surface area contributed by atoms with E-state index < -0.39 is 0 Å². The van der Waals surface area contributed by atoms with Crippen LogP contribution in [0.5, 0.6) is 0 Å². The summed E-state index contributed by atoms with van der Waals surface area (Å²) in [7, 11) is 0. The van der Waals surface area contributed by atoms with Crippen molar-refractivity contribution in [2.75, 3.05) is 25.0 Å². The van der Waals surface area contributed by atoms with E-state index >= 15 is 0 Å². The quantitative estimate of drug-likeness (QED) is 0.590. The van der Waals surface area contributed by atoms with Gasteiger partial charge in [0.2, 0.25) is 5.91 Å². The van der Waals surface area contributed by atoms with Crippen LogP contribution in [0.1, 0.15) is 41.4 Å². The zero-order valence-electron chi connectivity index (χ0n) is 17.7. The van der Waals surface area contributed by atoms with Crippen molar-refractivity contribution in [1.82, 2.24) is 10.2 Å². The van der Waals surface area contributed by atoms with Gasteiger partial charge in [-0.15, -0.1) is 11.3 Å². The van der Waals surface area contributed by atoms with Crippen LogP contribution in [0.25, 0.3) is 10.1 Å². The van der Waals surface area contributed by atoms with Gasteiger partial charge in [-0.3, -0.25) is 14.5 Å². The van der Waals surface area contributed by atoms with Gasteiger partial charge in [-0.25, -0.2) is 4.39 Å². The van der Waals surface area contributed by atoms with Crippen molar-refractivity contribution in [2.24, 2.45) is 0 Å². The van der Waals surface area contributed by atoms with Gasteiger partial charge < -0.3 is 10.6 Å². The summed E-state index contributed by atoms with van der Waals surface area (Å²) in [6.45, 7) is 5.70. The number of rotatable bonds is 6. The number of amides is 2. The highest BCUT2D eigenvalue weighted by Crippen LogP contribution is 2.40. The van der Waals surface area contributed by atoms with Gasteiger partial charge in [-0.2, -0.15) is 0 Å². The molecule has 31 heavy (non-hydrogen) atoms. The molecule has 162 valence electrons. The summed E-state index contributed by atoms with van der Waals surface area (Å²) in [4.78, 5) is 28.2. The number of thiophene rings is 1. The highest BCUT2D eigenvalue weighted by molar-refractivity contribution is 7.21. The number of fused-ring (bicyclic) bond motifs is 1. The van der Waals surface area contributed by atoms with E-state index in [9.17, 15) is 14.0 Å². The lowest BCUT2D eigenvalue weighted by atomic mass is 9.95. The Kier molecular flexibility index (Phi) is 6.34. The number of anilines is 1. The van der Waals surface area contributed by atoms with E-state index in [0.717, 1.165) is 40.0 Å². The Morgan fingerprint density at radius 3 is 2.65 bits per heavy atom. The van der Waals surface area contributed by atoms with Crippen LogP contribution in [0.3, 0.4) is 0 Å². The largest absolute Gasteiger partial charge is 0.349 e. The molecule has 0 aliphatic carbocycles. The van der Waals surface area contributed by atoms with Gasteiger partial charge in [0.05, 0.1) is 11.4 Å². The monoisotopic (exact) mass is 439 g/mol. The molecule has 5 nitrogen and oxygen atoms in total. The number of benzene rings is 2. The standard InChI is InChI=1S/C24H26FN3O2S/c1-15(2)26-24(30)23-22(19-5-3-4-6-20(19)31-23)16-11-12-28(13-16)14-21(29)27-18-9-7-17(25)8-10-18/h3-10,15-16H,11-14H2,1-2H3,(H,26,30)(H,27,29). The third kappa shape index (κ3) is 4.94. The lowest BCUT2D eigenvalue weighted by Gasteiger charge is -2.17. The smallest absolute Gasteiger partial charge is 0.261 e. The number of nitrogens with zero attached hydrogens (tertiary/aromatic N) is 1. The minimum absolute atomic E-state index is 0.0290. The zero-order chi connectivity index (χ0) is 22.0. The molecule has 2 N–H and O–H groups in total. The molecule has 4 rings (SSSR count). The van der Waals surface area contributed by atoms with Crippen molar-refractivity contribution in [1.29, 1.82) is 0 Å². The van der Waals surface area contributed by atoms with Crippen molar-refractivity contribution in [3.05, 3.63) is 64.8 Å². The van der Waals surface area contributed by atoms with Crippen molar-refractivity contribution in [3.63, 3.8) is 0 Å². The molecule has 2 aromatic carbocycles. The first kappa shape index (κ1) is 21.5. The Balaban J connectivity index is 1.49. The van der Waals surface area contributed by atoms with Crippen molar-refractivity contribution < 1.29 is 14.0 Å². The maximum Gasteiger partial charge on any atom is 0.261 e. The molecular weight excluding hydrogens is 413 g/mol. The molecule has 1 aliphatic rings. The number of halogens is 1. The molecule has 2 heterocycles. The second-order valence-electron chi connectivity index (χ2n) is 8.24. The number of hydrogen-bond donors (Lipinski definition) is 2. The predicted octanol–water partition coefficient (Wildman–Crippen LogP) is 4.61. The molecule has 7 heteroatoms.